The van der Waals surface area contributed by atoms with Crippen LogP contribution in [0.2, 0.25) is 0 Å². The molecule has 2 heterocycles. The van der Waals surface area contributed by atoms with Gasteiger partial charge in [-0.05, 0) is 62.0 Å². The molecule has 2 N–H and O–H groups in total. The monoisotopic (exact) mass is 350 g/mol. The van der Waals surface area contributed by atoms with Gasteiger partial charge in [-0.25, -0.2) is 4.39 Å². The molecule has 0 saturated carbocycles. The molecule has 2 saturated heterocycles. The summed E-state index contributed by atoms with van der Waals surface area (Å²) in [5.74, 6) is 0.292. The molecule has 1 aromatic rings. The van der Waals surface area contributed by atoms with Crippen molar-refractivity contribution in [1.29, 1.82) is 0 Å². The quantitative estimate of drug-likeness (QED) is 0.838. The van der Waals surface area contributed by atoms with Gasteiger partial charge in [0.15, 0.2) is 0 Å². The highest BCUT2D eigenvalue weighted by Gasteiger charge is 2.36. The van der Waals surface area contributed by atoms with Gasteiger partial charge in [-0.2, -0.15) is 0 Å². The van der Waals surface area contributed by atoms with Crippen LogP contribution in [0.15, 0.2) is 24.3 Å². The number of nitrogens with zero attached hydrogens (tertiary/aromatic N) is 2. The van der Waals surface area contributed by atoms with E-state index >= 15 is 0 Å². The van der Waals surface area contributed by atoms with Crippen molar-refractivity contribution < 1.29 is 19.4 Å². The molecule has 1 aromatic carbocycles. The minimum Gasteiger partial charge on any atom is -0.396 e. The van der Waals surface area contributed by atoms with Crippen molar-refractivity contribution in [2.24, 2.45) is 17.8 Å². The molecular formula is C19H27FN2O3. The Balaban J connectivity index is 1.58. The highest BCUT2D eigenvalue weighted by molar-refractivity contribution is 5.94. The van der Waals surface area contributed by atoms with E-state index in [2.05, 4.69) is 4.90 Å². The molecule has 0 radical (unpaired) electrons. The number of carbonyl (C=O) groups excluding carboxylic acids is 1. The fourth-order valence-electron chi connectivity index (χ4n) is 3.98. The second-order valence-electron chi connectivity index (χ2n) is 7.35. The van der Waals surface area contributed by atoms with Crippen LogP contribution in [-0.4, -0.2) is 71.9 Å². The number of hydrogen-bond donors (Lipinski definition) is 2. The van der Waals surface area contributed by atoms with E-state index in [4.69, 9.17) is 0 Å². The molecular weight excluding hydrogens is 323 g/mol. The van der Waals surface area contributed by atoms with Gasteiger partial charge in [0.1, 0.15) is 5.82 Å². The largest absolute Gasteiger partial charge is 0.396 e. The number of likely N-dealkylation sites (tertiary alicyclic amines) is 2. The zero-order valence-corrected chi connectivity index (χ0v) is 14.5. The van der Waals surface area contributed by atoms with Crippen LogP contribution >= 0.6 is 0 Å². The number of rotatable bonds is 5. The van der Waals surface area contributed by atoms with Gasteiger partial charge in [0.25, 0.3) is 5.91 Å². The van der Waals surface area contributed by atoms with Crippen LogP contribution in [0.25, 0.3) is 0 Å². The van der Waals surface area contributed by atoms with Gasteiger partial charge in [-0.3, -0.25) is 4.79 Å². The second-order valence-corrected chi connectivity index (χ2v) is 7.35. The lowest BCUT2D eigenvalue weighted by Crippen LogP contribution is -2.40. The standard InChI is InChI=1S/C19H27FN2O3/c20-18-3-1-15(2-4-18)19(25)22-10-16(17(11-22)13-24)9-21-7-5-14(12-23)6-8-21/h1-4,14,16-17,23-24H,5-13H2/t16-,17-/m1/s1. The summed E-state index contributed by atoms with van der Waals surface area (Å²) in [6.07, 6.45) is 2.01. The highest BCUT2D eigenvalue weighted by Crippen LogP contribution is 2.27. The first-order valence-corrected chi connectivity index (χ1v) is 9.09. The minimum absolute atomic E-state index is 0.0744. The molecule has 25 heavy (non-hydrogen) atoms. The normalized spacial score (nSPS) is 25.5. The van der Waals surface area contributed by atoms with Gasteiger partial charge in [0.2, 0.25) is 0 Å². The van der Waals surface area contributed by atoms with Gasteiger partial charge in [0, 0.05) is 44.3 Å². The van der Waals surface area contributed by atoms with Gasteiger partial charge in [-0.1, -0.05) is 0 Å². The topological polar surface area (TPSA) is 64.0 Å². The zero-order chi connectivity index (χ0) is 17.8. The lowest BCUT2D eigenvalue weighted by Gasteiger charge is -2.33. The van der Waals surface area contributed by atoms with Crippen LogP contribution in [0.5, 0.6) is 0 Å². The Morgan fingerprint density at radius 2 is 1.68 bits per heavy atom. The van der Waals surface area contributed by atoms with Gasteiger partial charge >= 0.3 is 0 Å². The molecule has 1 amide bonds. The van der Waals surface area contributed by atoms with Crippen LogP contribution in [0.4, 0.5) is 4.39 Å². The van der Waals surface area contributed by atoms with E-state index in [1.54, 1.807) is 4.90 Å². The summed E-state index contributed by atoms with van der Waals surface area (Å²) >= 11 is 0. The van der Waals surface area contributed by atoms with Crippen LogP contribution in [0, 0.1) is 23.6 Å². The van der Waals surface area contributed by atoms with Crippen LogP contribution < -0.4 is 0 Å². The van der Waals surface area contributed by atoms with Crippen molar-refractivity contribution in [3.63, 3.8) is 0 Å². The van der Waals surface area contributed by atoms with E-state index < -0.39 is 0 Å². The van der Waals surface area contributed by atoms with E-state index in [9.17, 15) is 19.4 Å². The predicted molar refractivity (Wildman–Crippen MR) is 92.6 cm³/mol. The fourth-order valence-corrected chi connectivity index (χ4v) is 3.98. The SMILES string of the molecule is O=C(c1ccc(F)cc1)N1C[C@@H](CN2CCC(CO)CC2)[C@@H](CO)C1. The maximum Gasteiger partial charge on any atom is 0.253 e. The van der Waals surface area contributed by atoms with Crippen molar-refractivity contribution in [3.05, 3.63) is 35.6 Å². The number of amides is 1. The van der Waals surface area contributed by atoms with Gasteiger partial charge in [-0.15, -0.1) is 0 Å². The lowest BCUT2D eigenvalue weighted by molar-refractivity contribution is 0.0776. The molecule has 2 aliphatic heterocycles. The van der Waals surface area contributed by atoms with Crippen LogP contribution in [-0.2, 0) is 0 Å². The number of hydrogen-bond acceptors (Lipinski definition) is 4. The summed E-state index contributed by atoms with van der Waals surface area (Å²) in [6.45, 7) is 4.31. The highest BCUT2D eigenvalue weighted by atomic mass is 19.1. The van der Waals surface area contributed by atoms with E-state index in [1.165, 1.54) is 24.3 Å². The Bertz CT molecular complexity index is 573. The van der Waals surface area contributed by atoms with Crippen molar-refractivity contribution in [1.82, 2.24) is 9.80 Å². The van der Waals surface area contributed by atoms with Crippen molar-refractivity contribution >= 4 is 5.91 Å². The fraction of sp³-hybridized carbons (Fsp3) is 0.632. The molecule has 138 valence electrons. The number of halogens is 1. The maximum absolute atomic E-state index is 13.0. The lowest BCUT2D eigenvalue weighted by atomic mass is 9.93. The first-order chi connectivity index (χ1) is 12.1. The first-order valence-electron chi connectivity index (χ1n) is 9.09. The molecule has 2 fully saturated rings. The summed E-state index contributed by atoms with van der Waals surface area (Å²) in [5.41, 5.74) is 0.488. The molecule has 0 bridgehead atoms. The third-order valence-corrected chi connectivity index (χ3v) is 5.65. The Hall–Kier alpha value is -1.50. The number of benzene rings is 1. The Kier molecular flexibility index (Phi) is 6.04. The Labute approximate surface area is 148 Å². The Morgan fingerprint density at radius 1 is 1.04 bits per heavy atom. The summed E-state index contributed by atoms with van der Waals surface area (Å²) in [4.78, 5) is 16.8. The second kappa shape index (κ2) is 8.25. The number of aliphatic hydroxyl groups excluding tert-OH is 2. The molecule has 0 aromatic heterocycles. The van der Waals surface area contributed by atoms with E-state index in [0.717, 1.165) is 32.5 Å². The van der Waals surface area contributed by atoms with Gasteiger partial charge in [0.05, 0.1) is 0 Å². The van der Waals surface area contributed by atoms with Crippen LogP contribution in [0.1, 0.15) is 23.2 Å². The first kappa shape index (κ1) is 18.3. The third-order valence-electron chi connectivity index (χ3n) is 5.65. The smallest absolute Gasteiger partial charge is 0.253 e. The molecule has 0 spiro atoms. The Morgan fingerprint density at radius 3 is 2.28 bits per heavy atom. The summed E-state index contributed by atoms with van der Waals surface area (Å²) < 4.78 is 13.0. The number of carbonyl (C=O) groups is 1. The van der Waals surface area contributed by atoms with Gasteiger partial charge < -0.3 is 20.0 Å². The van der Waals surface area contributed by atoms with E-state index in [-0.39, 0.29) is 36.8 Å². The molecule has 6 heteroatoms. The summed E-state index contributed by atoms with van der Waals surface area (Å²) in [5, 5.41) is 19.0. The third kappa shape index (κ3) is 4.37. The number of aliphatic hydroxyl groups is 2. The van der Waals surface area contributed by atoms with Crippen LogP contribution in [0.3, 0.4) is 0 Å². The molecule has 0 aliphatic carbocycles. The molecule has 3 rings (SSSR count). The van der Waals surface area contributed by atoms with Crippen molar-refractivity contribution in [2.75, 3.05) is 45.9 Å². The average molecular weight is 350 g/mol. The minimum atomic E-state index is -0.352. The molecule has 2 aliphatic rings. The molecule has 0 unspecified atom stereocenters. The zero-order valence-electron chi connectivity index (χ0n) is 14.5. The summed E-state index contributed by atoms with van der Waals surface area (Å²) in [7, 11) is 0. The van der Waals surface area contributed by atoms with E-state index in [1.807, 2.05) is 0 Å². The summed E-state index contributed by atoms with van der Waals surface area (Å²) in [6, 6.07) is 5.63. The van der Waals surface area contributed by atoms with Crippen molar-refractivity contribution in [3.8, 4) is 0 Å². The average Bonchev–Trinajstić information content (AvgIpc) is 3.05. The van der Waals surface area contributed by atoms with E-state index in [0.29, 0.717) is 24.6 Å². The molecule has 2 atom stereocenters. The molecule has 5 nitrogen and oxygen atoms in total. The number of piperidine rings is 1. The predicted octanol–water partition coefficient (Wildman–Crippen LogP) is 1.21. The maximum atomic E-state index is 13.0. The van der Waals surface area contributed by atoms with Crippen molar-refractivity contribution in [2.45, 2.75) is 12.8 Å².